The smallest absolute Gasteiger partial charge is 0.328 e. The van der Waals surface area contributed by atoms with E-state index in [1.165, 1.54) is 11.8 Å². The van der Waals surface area contributed by atoms with Crippen molar-refractivity contribution in [2.24, 2.45) is 5.92 Å². The van der Waals surface area contributed by atoms with E-state index in [0.717, 1.165) is 0 Å². The van der Waals surface area contributed by atoms with E-state index in [-0.39, 0.29) is 12.5 Å². The summed E-state index contributed by atoms with van der Waals surface area (Å²) in [7, 11) is 0. The first kappa shape index (κ1) is 14.7. The van der Waals surface area contributed by atoms with E-state index in [1.807, 2.05) is 0 Å². The fourth-order valence-electron chi connectivity index (χ4n) is 1.93. The van der Waals surface area contributed by atoms with E-state index < -0.39 is 24.1 Å². The molecule has 7 nitrogen and oxygen atoms in total. The number of amides is 2. The van der Waals surface area contributed by atoms with E-state index in [0.29, 0.717) is 25.9 Å². The maximum Gasteiger partial charge on any atom is 0.328 e. The second-order valence-corrected chi connectivity index (χ2v) is 4.62. The average Bonchev–Trinajstić information content (AvgIpc) is 2.35. The largest absolute Gasteiger partial charge is 0.480 e. The van der Waals surface area contributed by atoms with Crippen LogP contribution in [-0.2, 0) is 4.79 Å². The first-order valence-corrected chi connectivity index (χ1v) is 6.03. The Morgan fingerprint density at radius 2 is 1.94 bits per heavy atom. The minimum Gasteiger partial charge on any atom is -0.480 e. The van der Waals surface area contributed by atoms with Crippen molar-refractivity contribution < 1.29 is 24.9 Å². The Labute approximate surface area is 105 Å². The molecule has 1 aliphatic heterocycles. The highest BCUT2D eigenvalue weighted by Crippen LogP contribution is 2.16. The van der Waals surface area contributed by atoms with Gasteiger partial charge in [-0.1, -0.05) is 0 Å². The molecule has 0 spiro atoms. The molecule has 2 atom stereocenters. The Morgan fingerprint density at radius 1 is 1.39 bits per heavy atom. The topological polar surface area (TPSA) is 110 Å². The van der Waals surface area contributed by atoms with Crippen LogP contribution in [0.1, 0.15) is 19.8 Å². The van der Waals surface area contributed by atoms with Gasteiger partial charge in [0.1, 0.15) is 0 Å². The highest BCUT2D eigenvalue weighted by Gasteiger charge is 2.29. The van der Waals surface area contributed by atoms with Crippen LogP contribution in [0.15, 0.2) is 0 Å². The van der Waals surface area contributed by atoms with Crippen molar-refractivity contribution in [2.75, 3.05) is 19.7 Å². The molecule has 0 bridgehead atoms. The number of nitrogens with zero attached hydrogens (tertiary/aromatic N) is 1. The molecule has 1 aliphatic rings. The molecule has 0 aromatic carbocycles. The summed E-state index contributed by atoms with van der Waals surface area (Å²) in [5.41, 5.74) is 0. The van der Waals surface area contributed by atoms with E-state index in [1.54, 1.807) is 0 Å². The summed E-state index contributed by atoms with van der Waals surface area (Å²) in [4.78, 5) is 24.1. The van der Waals surface area contributed by atoms with Gasteiger partial charge in [-0.15, -0.1) is 0 Å². The van der Waals surface area contributed by atoms with E-state index in [2.05, 4.69) is 5.32 Å². The lowest BCUT2D eigenvalue weighted by atomic mass is 9.98. The van der Waals surface area contributed by atoms with Crippen LogP contribution >= 0.6 is 0 Å². The SMILES string of the molecule is C[C@@H](O)[C@H](NC(=O)N1CCC(CO)CC1)C(=O)O. The molecule has 1 saturated heterocycles. The first-order valence-electron chi connectivity index (χ1n) is 6.03. The molecule has 0 radical (unpaired) electrons. The second-order valence-electron chi connectivity index (χ2n) is 4.62. The number of carboxylic acids is 1. The zero-order chi connectivity index (χ0) is 13.7. The van der Waals surface area contributed by atoms with Gasteiger partial charge in [0.05, 0.1) is 6.10 Å². The number of carbonyl (C=O) groups is 2. The molecule has 0 unspecified atom stereocenters. The zero-order valence-corrected chi connectivity index (χ0v) is 10.4. The number of aliphatic carboxylic acids is 1. The summed E-state index contributed by atoms with van der Waals surface area (Å²) >= 11 is 0. The number of piperidine rings is 1. The molecule has 1 rings (SSSR count). The number of aliphatic hydroxyl groups excluding tert-OH is 2. The molecule has 0 saturated carbocycles. The molecule has 0 aromatic heterocycles. The Bertz CT molecular complexity index is 300. The highest BCUT2D eigenvalue weighted by molar-refractivity contribution is 5.83. The predicted molar refractivity (Wildman–Crippen MR) is 63.0 cm³/mol. The molecule has 1 heterocycles. The zero-order valence-electron chi connectivity index (χ0n) is 10.4. The van der Waals surface area contributed by atoms with Gasteiger partial charge in [-0.2, -0.15) is 0 Å². The summed E-state index contributed by atoms with van der Waals surface area (Å²) in [6.45, 7) is 2.41. The average molecular weight is 260 g/mol. The Hall–Kier alpha value is -1.34. The maximum absolute atomic E-state index is 11.8. The fraction of sp³-hybridized carbons (Fsp3) is 0.818. The molecule has 2 amide bonds. The molecule has 104 valence electrons. The molecular weight excluding hydrogens is 240 g/mol. The van der Waals surface area contributed by atoms with Gasteiger partial charge in [0.2, 0.25) is 0 Å². The number of hydrogen-bond donors (Lipinski definition) is 4. The molecule has 4 N–H and O–H groups in total. The Kier molecular flexibility index (Phi) is 5.36. The monoisotopic (exact) mass is 260 g/mol. The maximum atomic E-state index is 11.8. The number of rotatable bonds is 4. The van der Waals surface area contributed by atoms with E-state index >= 15 is 0 Å². The summed E-state index contributed by atoms with van der Waals surface area (Å²) in [6.07, 6.45) is 0.258. The third-order valence-corrected chi connectivity index (χ3v) is 3.19. The van der Waals surface area contributed by atoms with Crippen molar-refractivity contribution in [1.82, 2.24) is 10.2 Å². The number of hydrogen-bond acceptors (Lipinski definition) is 4. The van der Waals surface area contributed by atoms with Crippen molar-refractivity contribution in [3.63, 3.8) is 0 Å². The lowest BCUT2D eigenvalue weighted by Crippen LogP contribution is -2.53. The summed E-state index contributed by atoms with van der Waals surface area (Å²) in [5.74, 6) is -1.05. The van der Waals surface area contributed by atoms with Crippen LogP contribution in [0.2, 0.25) is 0 Å². The number of urea groups is 1. The molecule has 0 aliphatic carbocycles. The highest BCUT2D eigenvalue weighted by atomic mass is 16.4. The van der Waals surface area contributed by atoms with Crippen molar-refractivity contribution in [3.05, 3.63) is 0 Å². The summed E-state index contributed by atoms with van der Waals surface area (Å²) in [5, 5.41) is 29.4. The van der Waals surface area contributed by atoms with Gasteiger partial charge < -0.3 is 25.5 Å². The van der Waals surface area contributed by atoms with E-state index in [4.69, 9.17) is 10.2 Å². The number of aliphatic hydroxyl groups is 2. The van der Waals surface area contributed by atoms with Gasteiger partial charge in [-0.25, -0.2) is 9.59 Å². The normalized spacial score (nSPS) is 20.3. The van der Waals surface area contributed by atoms with Crippen molar-refractivity contribution in [3.8, 4) is 0 Å². The summed E-state index contributed by atoms with van der Waals surface area (Å²) < 4.78 is 0. The van der Waals surface area contributed by atoms with Gasteiger partial charge in [0, 0.05) is 19.7 Å². The van der Waals surface area contributed by atoms with Crippen LogP contribution in [0.5, 0.6) is 0 Å². The van der Waals surface area contributed by atoms with Crippen molar-refractivity contribution in [2.45, 2.75) is 31.9 Å². The van der Waals surface area contributed by atoms with Gasteiger partial charge in [0.15, 0.2) is 6.04 Å². The van der Waals surface area contributed by atoms with Crippen LogP contribution in [0.4, 0.5) is 4.79 Å². The lowest BCUT2D eigenvalue weighted by molar-refractivity contribution is -0.141. The standard InChI is InChI=1S/C11H20N2O5/c1-7(15)9(10(16)17)12-11(18)13-4-2-8(6-14)3-5-13/h7-9,14-15H,2-6H2,1H3,(H,12,18)(H,16,17)/t7-,9+/m1/s1. The quantitative estimate of drug-likeness (QED) is 0.531. The number of likely N-dealkylation sites (tertiary alicyclic amines) is 1. The van der Waals surface area contributed by atoms with Crippen LogP contribution in [-0.4, -0.2) is 64.1 Å². The van der Waals surface area contributed by atoms with Crippen LogP contribution in [0, 0.1) is 5.92 Å². The minimum absolute atomic E-state index is 0.112. The molecular formula is C11H20N2O5. The molecule has 7 heteroatoms. The second kappa shape index (κ2) is 6.55. The third kappa shape index (κ3) is 3.85. The fourth-order valence-corrected chi connectivity index (χ4v) is 1.93. The number of carbonyl (C=O) groups excluding carboxylic acids is 1. The number of carboxylic acid groups (broad SMARTS) is 1. The van der Waals surface area contributed by atoms with Gasteiger partial charge in [0.25, 0.3) is 0 Å². The van der Waals surface area contributed by atoms with Crippen LogP contribution in [0.3, 0.4) is 0 Å². The first-order chi connectivity index (χ1) is 8.45. The Morgan fingerprint density at radius 3 is 2.33 bits per heavy atom. The molecule has 18 heavy (non-hydrogen) atoms. The van der Waals surface area contributed by atoms with Crippen LogP contribution in [0.25, 0.3) is 0 Å². The van der Waals surface area contributed by atoms with Crippen LogP contribution < -0.4 is 5.32 Å². The minimum atomic E-state index is -1.30. The van der Waals surface area contributed by atoms with Gasteiger partial charge in [-0.3, -0.25) is 0 Å². The molecule has 1 fully saturated rings. The summed E-state index contributed by atoms with van der Waals surface area (Å²) in [6, 6.07) is -1.78. The Balaban J connectivity index is 2.48. The van der Waals surface area contributed by atoms with Crippen molar-refractivity contribution >= 4 is 12.0 Å². The third-order valence-electron chi connectivity index (χ3n) is 3.19. The van der Waals surface area contributed by atoms with Crippen molar-refractivity contribution in [1.29, 1.82) is 0 Å². The number of nitrogens with one attached hydrogen (secondary N) is 1. The van der Waals surface area contributed by atoms with E-state index in [9.17, 15) is 14.7 Å². The predicted octanol–water partition coefficient (Wildman–Crippen LogP) is -0.766. The van der Waals surface area contributed by atoms with Gasteiger partial charge >= 0.3 is 12.0 Å². The lowest BCUT2D eigenvalue weighted by Gasteiger charge is -2.32. The van der Waals surface area contributed by atoms with Gasteiger partial charge in [-0.05, 0) is 25.7 Å². The molecule has 0 aromatic rings.